The van der Waals surface area contributed by atoms with Crippen LogP contribution in [0.4, 0.5) is 0 Å². The molecule has 0 aliphatic heterocycles. The van der Waals surface area contributed by atoms with Crippen LogP contribution in [0.3, 0.4) is 0 Å². The molecule has 1 nitrogen and oxygen atoms in total. The molecule has 0 atom stereocenters. The third kappa shape index (κ3) is 7.72. The summed E-state index contributed by atoms with van der Waals surface area (Å²) in [6.07, 6.45) is 10.3. The highest BCUT2D eigenvalue weighted by molar-refractivity contribution is 5.69. The van der Waals surface area contributed by atoms with E-state index in [1.54, 1.807) is 0 Å². The summed E-state index contributed by atoms with van der Waals surface area (Å²) in [7, 11) is 0. The van der Waals surface area contributed by atoms with E-state index < -0.39 is 0 Å². The van der Waals surface area contributed by atoms with Gasteiger partial charge in [0.1, 0.15) is 0 Å². The summed E-state index contributed by atoms with van der Waals surface area (Å²) in [5.74, 6) is 0. The molecule has 0 N–H and O–H groups in total. The van der Waals surface area contributed by atoms with Gasteiger partial charge in [0, 0.05) is 6.54 Å². The molecule has 0 aliphatic carbocycles. The predicted octanol–water partition coefficient (Wildman–Crippen LogP) is 7.44. The summed E-state index contributed by atoms with van der Waals surface area (Å²) < 4.78 is 0. The number of rotatable bonds is 12. The first-order valence-electron chi connectivity index (χ1n) is 10.8. The molecule has 0 radical (unpaired) electrons. The lowest BCUT2D eigenvalue weighted by Gasteiger charge is -2.21. The van der Waals surface area contributed by atoms with Crippen molar-refractivity contribution < 1.29 is 0 Å². The monoisotopic (exact) mass is 363 g/mol. The average Bonchev–Trinajstić information content (AvgIpc) is 2.72. The van der Waals surface area contributed by atoms with Crippen LogP contribution in [-0.4, -0.2) is 24.5 Å². The molecule has 146 valence electrons. The largest absolute Gasteiger partial charge is 0.300 e. The van der Waals surface area contributed by atoms with E-state index in [0.29, 0.717) is 0 Å². The van der Waals surface area contributed by atoms with Crippen molar-refractivity contribution in [2.45, 2.75) is 59.3 Å². The van der Waals surface area contributed by atoms with Gasteiger partial charge in [-0.05, 0) is 55.1 Å². The van der Waals surface area contributed by atoms with Gasteiger partial charge in [-0.2, -0.15) is 0 Å². The lowest BCUT2D eigenvalue weighted by atomic mass is 10.0. The Bertz CT molecular complexity index is 644. The number of hydrogen-bond donors (Lipinski definition) is 0. The van der Waals surface area contributed by atoms with E-state index >= 15 is 0 Å². The van der Waals surface area contributed by atoms with Gasteiger partial charge in [-0.15, -0.1) is 0 Å². The molecule has 0 fully saturated rings. The fourth-order valence-corrected chi connectivity index (χ4v) is 3.41. The van der Waals surface area contributed by atoms with E-state index in [1.165, 1.54) is 73.9 Å². The summed E-state index contributed by atoms with van der Waals surface area (Å²) >= 11 is 0. The SMILES string of the molecule is CCCCCN(CC=C(C)c1ccc(-c2ccccc2)cc1)CCCCC. The van der Waals surface area contributed by atoms with Crippen molar-refractivity contribution in [1.29, 1.82) is 0 Å². The van der Waals surface area contributed by atoms with Gasteiger partial charge in [0.15, 0.2) is 0 Å². The van der Waals surface area contributed by atoms with Crippen LogP contribution in [0.15, 0.2) is 60.7 Å². The number of hydrogen-bond acceptors (Lipinski definition) is 1. The van der Waals surface area contributed by atoms with Crippen molar-refractivity contribution in [2.24, 2.45) is 0 Å². The predicted molar refractivity (Wildman–Crippen MR) is 121 cm³/mol. The molecule has 0 bridgehead atoms. The number of nitrogens with zero attached hydrogens (tertiary/aromatic N) is 1. The molecule has 0 amide bonds. The maximum absolute atomic E-state index is 2.63. The van der Waals surface area contributed by atoms with Crippen LogP contribution in [0.5, 0.6) is 0 Å². The van der Waals surface area contributed by atoms with Crippen molar-refractivity contribution in [3.63, 3.8) is 0 Å². The smallest absolute Gasteiger partial charge is 0.0169 e. The fraction of sp³-hybridized carbons (Fsp3) is 0.462. The Morgan fingerprint density at radius 3 is 1.85 bits per heavy atom. The lowest BCUT2D eigenvalue weighted by molar-refractivity contribution is 0.288. The van der Waals surface area contributed by atoms with Crippen LogP contribution in [0.25, 0.3) is 16.7 Å². The average molecular weight is 364 g/mol. The molecule has 2 rings (SSSR count). The molecule has 0 aromatic heterocycles. The Hall–Kier alpha value is -1.86. The van der Waals surface area contributed by atoms with Crippen molar-refractivity contribution in [1.82, 2.24) is 4.90 Å². The maximum atomic E-state index is 2.63. The van der Waals surface area contributed by atoms with Gasteiger partial charge in [-0.25, -0.2) is 0 Å². The molecule has 27 heavy (non-hydrogen) atoms. The molecule has 0 saturated heterocycles. The fourth-order valence-electron chi connectivity index (χ4n) is 3.41. The third-order valence-electron chi connectivity index (χ3n) is 5.26. The van der Waals surface area contributed by atoms with Crippen molar-refractivity contribution in [3.05, 3.63) is 66.2 Å². The summed E-state index contributed by atoms with van der Waals surface area (Å²) in [6.45, 7) is 10.3. The standard InChI is InChI=1S/C26H37N/c1-4-6-11-20-27(21-12-7-5-2)22-19-23(3)24-15-17-26(18-16-24)25-13-9-8-10-14-25/h8-10,13-19H,4-7,11-12,20-22H2,1-3H3. The minimum atomic E-state index is 1.07. The minimum absolute atomic E-state index is 1.07. The number of unbranched alkanes of at least 4 members (excludes halogenated alkanes) is 4. The molecule has 0 saturated carbocycles. The van der Waals surface area contributed by atoms with E-state index in [1.807, 2.05) is 0 Å². The second kappa shape index (κ2) is 12.5. The molecule has 0 heterocycles. The van der Waals surface area contributed by atoms with Gasteiger partial charge in [-0.3, -0.25) is 4.90 Å². The highest BCUT2D eigenvalue weighted by Gasteiger charge is 2.04. The van der Waals surface area contributed by atoms with Gasteiger partial charge in [0.05, 0.1) is 0 Å². The number of benzene rings is 2. The zero-order valence-corrected chi connectivity index (χ0v) is 17.6. The van der Waals surface area contributed by atoms with Crippen molar-refractivity contribution in [3.8, 4) is 11.1 Å². The summed E-state index contributed by atoms with van der Waals surface area (Å²) in [5, 5.41) is 0. The van der Waals surface area contributed by atoms with Crippen LogP contribution in [0, 0.1) is 0 Å². The topological polar surface area (TPSA) is 3.24 Å². The highest BCUT2D eigenvalue weighted by atomic mass is 15.1. The minimum Gasteiger partial charge on any atom is -0.300 e. The van der Waals surface area contributed by atoms with E-state index in [2.05, 4.69) is 86.3 Å². The Labute approximate surface area is 167 Å². The summed E-state index contributed by atoms with van der Waals surface area (Å²) in [5.41, 5.74) is 5.28. The van der Waals surface area contributed by atoms with Gasteiger partial charge in [0.2, 0.25) is 0 Å². The zero-order valence-electron chi connectivity index (χ0n) is 17.6. The Kier molecular flexibility index (Phi) is 9.94. The summed E-state index contributed by atoms with van der Waals surface area (Å²) in [4.78, 5) is 2.63. The van der Waals surface area contributed by atoms with Crippen molar-refractivity contribution >= 4 is 5.57 Å². The quantitative estimate of drug-likeness (QED) is 0.354. The second-order valence-corrected chi connectivity index (χ2v) is 7.55. The first-order valence-corrected chi connectivity index (χ1v) is 10.8. The van der Waals surface area contributed by atoms with Crippen LogP contribution >= 0.6 is 0 Å². The lowest BCUT2D eigenvalue weighted by Crippen LogP contribution is -2.26. The van der Waals surface area contributed by atoms with Gasteiger partial charge < -0.3 is 0 Å². The molecule has 0 unspecified atom stereocenters. The number of allylic oxidation sites excluding steroid dienone is 1. The molecule has 0 spiro atoms. The van der Waals surface area contributed by atoms with E-state index in [0.717, 1.165) is 6.54 Å². The van der Waals surface area contributed by atoms with Crippen LogP contribution < -0.4 is 0 Å². The van der Waals surface area contributed by atoms with E-state index in [9.17, 15) is 0 Å². The third-order valence-corrected chi connectivity index (χ3v) is 5.26. The normalized spacial score (nSPS) is 11.9. The van der Waals surface area contributed by atoms with E-state index in [-0.39, 0.29) is 0 Å². The molecule has 2 aromatic carbocycles. The summed E-state index contributed by atoms with van der Waals surface area (Å²) in [6, 6.07) is 19.6. The molecule has 1 heteroatoms. The highest BCUT2D eigenvalue weighted by Crippen LogP contribution is 2.22. The Morgan fingerprint density at radius 1 is 0.741 bits per heavy atom. The van der Waals surface area contributed by atoms with Crippen LogP contribution in [0.2, 0.25) is 0 Å². The molecular weight excluding hydrogens is 326 g/mol. The first kappa shape index (κ1) is 21.4. The zero-order chi connectivity index (χ0) is 19.3. The maximum Gasteiger partial charge on any atom is 0.0169 e. The molecule has 2 aromatic rings. The Morgan fingerprint density at radius 2 is 1.30 bits per heavy atom. The molecular formula is C26H37N. The second-order valence-electron chi connectivity index (χ2n) is 7.55. The molecule has 0 aliphatic rings. The Balaban J connectivity index is 1.96. The van der Waals surface area contributed by atoms with Crippen LogP contribution in [-0.2, 0) is 0 Å². The van der Waals surface area contributed by atoms with E-state index in [4.69, 9.17) is 0 Å². The van der Waals surface area contributed by atoms with Gasteiger partial charge >= 0.3 is 0 Å². The van der Waals surface area contributed by atoms with Gasteiger partial charge in [-0.1, -0.05) is 100 Å². The van der Waals surface area contributed by atoms with Gasteiger partial charge in [0.25, 0.3) is 0 Å². The van der Waals surface area contributed by atoms with Crippen molar-refractivity contribution in [2.75, 3.05) is 19.6 Å². The van der Waals surface area contributed by atoms with Crippen LogP contribution in [0.1, 0.15) is 64.9 Å². The first-order chi connectivity index (χ1) is 13.2.